The smallest absolute Gasteiger partial charge is 0.258 e. The monoisotopic (exact) mass is 368 g/mol. The zero-order valence-corrected chi connectivity index (χ0v) is 16.7. The molecule has 144 valence electrons. The molecule has 0 saturated carbocycles. The Balaban J connectivity index is 1.84. The summed E-state index contributed by atoms with van der Waals surface area (Å²) >= 11 is 0. The Morgan fingerprint density at radius 1 is 0.963 bits per heavy atom. The van der Waals surface area contributed by atoms with E-state index in [0.717, 1.165) is 27.9 Å². The zero-order chi connectivity index (χ0) is 20.0. The van der Waals surface area contributed by atoms with Crippen LogP contribution in [0, 0.1) is 20.8 Å². The Kier molecular flexibility index (Phi) is 6.99. The summed E-state index contributed by atoms with van der Waals surface area (Å²) in [6, 6.07) is 11.8. The molecule has 2 rings (SSSR count). The maximum Gasteiger partial charge on any atom is 0.258 e. The van der Waals surface area contributed by atoms with Gasteiger partial charge in [-0.1, -0.05) is 44.2 Å². The van der Waals surface area contributed by atoms with Gasteiger partial charge >= 0.3 is 0 Å². The predicted molar refractivity (Wildman–Crippen MR) is 108 cm³/mol. The average Bonchev–Trinajstić information content (AvgIpc) is 2.62. The number of carbonyl (C=O) groups is 2. The number of hydrogen-bond donors (Lipinski definition) is 2. The van der Waals surface area contributed by atoms with Crippen molar-refractivity contribution in [2.45, 2.75) is 40.5 Å². The summed E-state index contributed by atoms with van der Waals surface area (Å²) in [6.07, 6.45) is 0. The lowest BCUT2D eigenvalue weighted by atomic mass is 10.0. The van der Waals surface area contributed by atoms with E-state index in [0.29, 0.717) is 11.7 Å². The van der Waals surface area contributed by atoms with Crippen LogP contribution in [0.1, 0.15) is 42.0 Å². The topological polar surface area (TPSA) is 67.4 Å². The van der Waals surface area contributed by atoms with E-state index in [-0.39, 0.29) is 25.0 Å². The molecule has 0 aliphatic carbocycles. The highest BCUT2D eigenvalue weighted by molar-refractivity contribution is 5.95. The molecule has 0 bridgehead atoms. The van der Waals surface area contributed by atoms with Gasteiger partial charge in [-0.15, -0.1) is 0 Å². The molecule has 0 aliphatic rings. The van der Waals surface area contributed by atoms with Crippen molar-refractivity contribution in [1.29, 1.82) is 0 Å². The Hall–Kier alpha value is -2.82. The molecule has 2 aromatic rings. The zero-order valence-electron chi connectivity index (χ0n) is 16.7. The maximum absolute atomic E-state index is 12.1. The summed E-state index contributed by atoms with van der Waals surface area (Å²) in [6.45, 7) is 9.80. The van der Waals surface area contributed by atoms with Gasteiger partial charge in [0, 0.05) is 5.69 Å². The van der Waals surface area contributed by atoms with Crippen LogP contribution in [0.5, 0.6) is 5.75 Å². The quantitative estimate of drug-likeness (QED) is 0.780. The van der Waals surface area contributed by atoms with Crippen molar-refractivity contribution in [2.75, 3.05) is 18.5 Å². The van der Waals surface area contributed by atoms with Crippen LogP contribution in [-0.4, -0.2) is 25.0 Å². The highest BCUT2D eigenvalue weighted by atomic mass is 16.5. The first-order valence-electron chi connectivity index (χ1n) is 9.14. The lowest BCUT2D eigenvalue weighted by Gasteiger charge is -2.13. The van der Waals surface area contributed by atoms with Gasteiger partial charge in [0.25, 0.3) is 5.91 Å². The van der Waals surface area contributed by atoms with Crippen LogP contribution >= 0.6 is 0 Å². The first-order valence-corrected chi connectivity index (χ1v) is 9.14. The minimum absolute atomic E-state index is 0.0962. The Morgan fingerprint density at radius 3 is 2.26 bits per heavy atom. The van der Waals surface area contributed by atoms with Gasteiger partial charge in [0.1, 0.15) is 5.75 Å². The van der Waals surface area contributed by atoms with Gasteiger partial charge in [-0.2, -0.15) is 0 Å². The average molecular weight is 368 g/mol. The van der Waals surface area contributed by atoms with Crippen LogP contribution in [0.3, 0.4) is 0 Å². The van der Waals surface area contributed by atoms with Crippen LogP contribution in [0.2, 0.25) is 0 Å². The minimum atomic E-state index is -0.332. The second-order valence-electron chi connectivity index (χ2n) is 7.06. The first kappa shape index (κ1) is 20.5. The Morgan fingerprint density at radius 2 is 1.63 bits per heavy atom. The van der Waals surface area contributed by atoms with Gasteiger partial charge in [0.15, 0.2) is 6.61 Å². The molecular weight excluding hydrogens is 340 g/mol. The first-order chi connectivity index (χ1) is 12.8. The second-order valence-corrected chi connectivity index (χ2v) is 7.06. The normalized spacial score (nSPS) is 10.6. The molecule has 5 nitrogen and oxygen atoms in total. The number of para-hydroxylation sites is 1. The van der Waals surface area contributed by atoms with Crippen LogP contribution in [0.4, 0.5) is 5.69 Å². The van der Waals surface area contributed by atoms with Crippen molar-refractivity contribution >= 4 is 17.5 Å². The van der Waals surface area contributed by atoms with Crippen molar-refractivity contribution in [2.24, 2.45) is 0 Å². The van der Waals surface area contributed by atoms with Gasteiger partial charge in [0.05, 0.1) is 6.54 Å². The van der Waals surface area contributed by atoms with Gasteiger partial charge in [-0.3, -0.25) is 9.59 Å². The van der Waals surface area contributed by atoms with E-state index in [1.54, 1.807) is 0 Å². The number of amides is 2. The van der Waals surface area contributed by atoms with E-state index in [1.807, 2.05) is 51.1 Å². The third kappa shape index (κ3) is 5.84. The highest BCUT2D eigenvalue weighted by Crippen LogP contribution is 2.24. The minimum Gasteiger partial charge on any atom is -0.483 e. The molecule has 0 aliphatic heterocycles. The summed E-state index contributed by atoms with van der Waals surface area (Å²) in [7, 11) is 0. The number of ether oxygens (including phenoxy) is 1. The fourth-order valence-corrected chi connectivity index (χ4v) is 2.70. The SMILES string of the molecule is Cc1ccc(C(C)C)cc1OCC(=O)NCC(=O)Nc1c(C)cccc1C. The summed E-state index contributed by atoms with van der Waals surface area (Å²) < 4.78 is 5.63. The molecule has 0 unspecified atom stereocenters. The van der Waals surface area contributed by atoms with Crippen LogP contribution < -0.4 is 15.4 Å². The third-order valence-electron chi connectivity index (χ3n) is 4.43. The van der Waals surface area contributed by atoms with E-state index < -0.39 is 0 Å². The molecule has 27 heavy (non-hydrogen) atoms. The number of benzene rings is 2. The van der Waals surface area contributed by atoms with Gasteiger partial charge in [-0.05, 0) is 55.0 Å². The summed E-state index contributed by atoms with van der Waals surface area (Å²) in [4.78, 5) is 24.1. The summed E-state index contributed by atoms with van der Waals surface area (Å²) in [5.41, 5.74) is 4.88. The van der Waals surface area contributed by atoms with E-state index in [4.69, 9.17) is 4.74 Å². The summed E-state index contributed by atoms with van der Waals surface area (Å²) in [5, 5.41) is 5.43. The highest BCUT2D eigenvalue weighted by Gasteiger charge is 2.11. The maximum atomic E-state index is 12.1. The van der Waals surface area contributed by atoms with Crippen molar-refractivity contribution in [1.82, 2.24) is 5.32 Å². The Labute approximate surface area is 161 Å². The molecule has 2 aromatic carbocycles. The van der Waals surface area contributed by atoms with Gasteiger partial charge < -0.3 is 15.4 Å². The molecule has 0 spiro atoms. The lowest BCUT2D eigenvalue weighted by Crippen LogP contribution is -2.36. The number of rotatable bonds is 7. The second kappa shape index (κ2) is 9.21. The fraction of sp³-hybridized carbons (Fsp3) is 0.364. The molecule has 2 N–H and O–H groups in total. The lowest BCUT2D eigenvalue weighted by molar-refractivity contribution is -0.125. The van der Waals surface area contributed by atoms with Crippen molar-refractivity contribution in [3.63, 3.8) is 0 Å². The van der Waals surface area contributed by atoms with E-state index >= 15 is 0 Å². The molecule has 0 fully saturated rings. The van der Waals surface area contributed by atoms with Gasteiger partial charge in [0.2, 0.25) is 5.91 Å². The number of hydrogen-bond acceptors (Lipinski definition) is 3. The molecule has 5 heteroatoms. The number of nitrogens with one attached hydrogen (secondary N) is 2. The number of anilines is 1. The standard InChI is InChI=1S/C22H28N2O3/c1-14(2)18-10-9-15(3)19(11-18)27-13-21(26)23-12-20(25)24-22-16(4)7-6-8-17(22)5/h6-11,14H,12-13H2,1-5H3,(H,23,26)(H,24,25). The van der Waals surface area contributed by atoms with Crippen molar-refractivity contribution in [3.05, 3.63) is 58.7 Å². The van der Waals surface area contributed by atoms with Gasteiger partial charge in [-0.25, -0.2) is 0 Å². The van der Waals surface area contributed by atoms with Crippen LogP contribution in [0.25, 0.3) is 0 Å². The number of carbonyl (C=O) groups excluding carboxylic acids is 2. The molecule has 0 radical (unpaired) electrons. The van der Waals surface area contributed by atoms with E-state index in [1.165, 1.54) is 0 Å². The number of aryl methyl sites for hydroxylation is 3. The molecule has 0 saturated heterocycles. The predicted octanol–water partition coefficient (Wildman–Crippen LogP) is 3.87. The molecule has 0 heterocycles. The molecular formula is C22H28N2O3. The van der Waals surface area contributed by atoms with Crippen LogP contribution in [0.15, 0.2) is 36.4 Å². The summed E-state index contributed by atoms with van der Waals surface area (Å²) in [5.74, 6) is 0.478. The third-order valence-corrected chi connectivity index (χ3v) is 4.43. The largest absolute Gasteiger partial charge is 0.483 e. The molecule has 2 amide bonds. The van der Waals surface area contributed by atoms with E-state index in [2.05, 4.69) is 30.5 Å². The molecule has 0 aromatic heterocycles. The Bertz CT molecular complexity index is 808. The van der Waals surface area contributed by atoms with E-state index in [9.17, 15) is 9.59 Å². The van der Waals surface area contributed by atoms with Crippen LogP contribution in [-0.2, 0) is 9.59 Å². The fourth-order valence-electron chi connectivity index (χ4n) is 2.70. The molecule has 0 atom stereocenters. The van der Waals surface area contributed by atoms with Crippen molar-refractivity contribution < 1.29 is 14.3 Å². The van der Waals surface area contributed by atoms with Crippen molar-refractivity contribution in [3.8, 4) is 5.75 Å².